The Labute approximate surface area is 151 Å². The number of nitrogens with one attached hydrogen (secondary N) is 1. The second kappa shape index (κ2) is 7.74. The van der Waals surface area contributed by atoms with E-state index in [2.05, 4.69) is 5.32 Å². The third-order valence-electron chi connectivity index (χ3n) is 4.14. The van der Waals surface area contributed by atoms with Gasteiger partial charge < -0.3 is 5.32 Å². The van der Waals surface area contributed by atoms with Crippen molar-refractivity contribution in [2.45, 2.75) is 27.7 Å². The molecule has 0 atom stereocenters. The Kier molecular flexibility index (Phi) is 5.67. The highest BCUT2D eigenvalue weighted by Crippen LogP contribution is 2.20. The second-order valence-electron chi connectivity index (χ2n) is 6.17. The number of nitro benzene ring substituents is 1. The number of ketones is 1. The van der Waals surface area contributed by atoms with Crippen LogP contribution in [-0.4, -0.2) is 16.6 Å². The number of Topliss-reactive ketones (excluding diaryl/α,β-unsaturated/α-hetero) is 1. The van der Waals surface area contributed by atoms with Gasteiger partial charge in [-0.15, -0.1) is 0 Å². The molecule has 134 valence electrons. The van der Waals surface area contributed by atoms with Crippen molar-refractivity contribution < 1.29 is 14.5 Å². The summed E-state index contributed by atoms with van der Waals surface area (Å²) < 4.78 is 0. The van der Waals surface area contributed by atoms with Crippen molar-refractivity contribution in [3.63, 3.8) is 0 Å². The zero-order valence-corrected chi connectivity index (χ0v) is 15.1. The van der Waals surface area contributed by atoms with Gasteiger partial charge in [-0.3, -0.25) is 19.7 Å². The molecule has 0 spiro atoms. The summed E-state index contributed by atoms with van der Waals surface area (Å²) in [6.45, 7) is 7.22. The van der Waals surface area contributed by atoms with Crippen LogP contribution in [0.25, 0.3) is 6.08 Å². The van der Waals surface area contributed by atoms with Crippen LogP contribution >= 0.6 is 0 Å². The lowest BCUT2D eigenvalue weighted by Gasteiger charge is -2.10. The summed E-state index contributed by atoms with van der Waals surface area (Å²) in [4.78, 5) is 34.6. The molecule has 26 heavy (non-hydrogen) atoms. The van der Waals surface area contributed by atoms with Gasteiger partial charge in [-0.2, -0.15) is 0 Å². The maximum absolute atomic E-state index is 12.5. The fourth-order valence-electron chi connectivity index (χ4n) is 2.49. The number of non-ortho nitro benzene ring substituents is 1. The molecule has 0 bridgehead atoms. The van der Waals surface area contributed by atoms with Crippen molar-refractivity contribution in [1.29, 1.82) is 0 Å². The highest BCUT2D eigenvalue weighted by Gasteiger charge is 2.16. The quantitative estimate of drug-likeness (QED) is 0.288. The van der Waals surface area contributed by atoms with Crippen LogP contribution in [0.3, 0.4) is 0 Å². The van der Waals surface area contributed by atoms with Crippen LogP contribution in [0.4, 0.5) is 11.4 Å². The van der Waals surface area contributed by atoms with Gasteiger partial charge >= 0.3 is 0 Å². The molecule has 0 fully saturated rings. The Bertz CT molecular complexity index is 912. The molecule has 0 radical (unpaired) electrons. The molecule has 0 saturated carbocycles. The number of hydrogen-bond acceptors (Lipinski definition) is 4. The molecule has 6 heteroatoms. The average molecular weight is 352 g/mol. The third-order valence-corrected chi connectivity index (χ3v) is 4.14. The van der Waals surface area contributed by atoms with E-state index in [-0.39, 0.29) is 17.0 Å². The fraction of sp³-hybridized carbons (Fsp3) is 0.200. The standard InChI is InChI=1S/C20H20N2O4/c1-12-9-14(3)16(10-13(12)2)11-19(15(4)23)20(24)21-17-5-7-18(8-6-17)22(25)26/h5-11H,1-4H3,(H,21,24)/b19-11+. The Hall–Kier alpha value is -3.28. The van der Waals surface area contributed by atoms with Crippen molar-refractivity contribution in [2.75, 3.05) is 5.32 Å². The predicted molar refractivity (Wildman–Crippen MR) is 101 cm³/mol. The predicted octanol–water partition coefficient (Wildman–Crippen LogP) is 4.13. The van der Waals surface area contributed by atoms with E-state index >= 15 is 0 Å². The van der Waals surface area contributed by atoms with Crippen LogP contribution < -0.4 is 5.32 Å². The Morgan fingerprint density at radius 3 is 2.12 bits per heavy atom. The van der Waals surface area contributed by atoms with Gasteiger partial charge in [0.1, 0.15) is 0 Å². The number of nitro groups is 1. The molecule has 0 saturated heterocycles. The smallest absolute Gasteiger partial charge is 0.269 e. The number of aryl methyl sites for hydroxylation is 3. The van der Waals surface area contributed by atoms with Gasteiger partial charge in [0.15, 0.2) is 5.78 Å². The maximum atomic E-state index is 12.5. The van der Waals surface area contributed by atoms with Crippen molar-refractivity contribution in [3.8, 4) is 0 Å². The molecule has 2 aromatic carbocycles. The van der Waals surface area contributed by atoms with E-state index in [1.807, 2.05) is 32.9 Å². The second-order valence-corrected chi connectivity index (χ2v) is 6.17. The minimum Gasteiger partial charge on any atom is -0.322 e. The van der Waals surface area contributed by atoms with Gasteiger partial charge in [-0.05, 0) is 68.2 Å². The van der Waals surface area contributed by atoms with Crippen LogP contribution in [0.5, 0.6) is 0 Å². The highest BCUT2D eigenvalue weighted by atomic mass is 16.6. The number of nitrogens with zero attached hydrogens (tertiary/aromatic N) is 1. The number of benzene rings is 2. The first-order chi connectivity index (χ1) is 12.2. The molecule has 1 N–H and O–H groups in total. The normalized spacial score (nSPS) is 11.2. The minimum absolute atomic E-state index is 0.0229. The van der Waals surface area contributed by atoms with E-state index in [4.69, 9.17) is 0 Å². The van der Waals surface area contributed by atoms with Crippen molar-refractivity contribution in [3.05, 3.63) is 74.3 Å². The molecule has 0 heterocycles. The number of amides is 1. The lowest BCUT2D eigenvalue weighted by molar-refractivity contribution is -0.384. The summed E-state index contributed by atoms with van der Waals surface area (Å²) in [5, 5.41) is 13.3. The summed E-state index contributed by atoms with van der Waals surface area (Å²) in [6.07, 6.45) is 1.57. The summed E-state index contributed by atoms with van der Waals surface area (Å²) in [5.41, 5.74) is 4.31. The molecule has 2 aromatic rings. The lowest BCUT2D eigenvalue weighted by atomic mass is 9.98. The summed E-state index contributed by atoms with van der Waals surface area (Å²) in [5.74, 6) is -0.911. The van der Waals surface area contributed by atoms with Crippen LogP contribution in [0.15, 0.2) is 42.0 Å². The van der Waals surface area contributed by atoms with Gasteiger partial charge in [-0.1, -0.05) is 12.1 Å². The molecule has 0 unspecified atom stereocenters. The van der Waals surface area contributed by atoms with Gasteiger partial charge in [0.25, 0.3) is 11.6 Å². The molecule has 6 nitrogen and oxygen atoms in total. The van der Waals surface area contributed by atoms with E-state index in [9.17, 15) is 19.7 Å². The lowest BCUT2D eigenvalue weighted by Crippen LogP contribution is -2.19. The Morgan fingerprint density at radius 1 is 1.00 bits per heavy atom. The van der Waals surface area contributed by atoms with Crippen LogP contribution in [0.2, 0.25) is 0 Å². The molecule has 0 aliphatic rings. The maximum Gasteiger partial charge on any atom is 0.269 e. The van der Waals surface area contributed by atoms with E-state index in [0.29, 0.717) is 5.69 Å². The van der Waals surface area contributed by atoms with Gasteiger partial charge in [-0.25, -0.2) is 0 Å². The zero-order chi connectivity index (χ0) is 19.4. The zero-order valence-electron chi connectivity index (χ0n) is 15.1. The topological polar surface area (TPSA) is 89.3 Å². The molecule has 1 amide bonds. The highest BCUT2D eigenvalue weighted by molar-refractivity contribution is 6.25. The third kappa shape index (κ3) is 4.42. The number of anilines is 1. The van der Waals surface area contributed by atoms with Crippen LogP contribution in [0, 0.1) is 30.9 Å². The Morgan fingerprint density at radius 2 is 1.58 bits per heavy atom. The average Bonchev–Trinajstić information content (AvgIpc) is 2.56. The molecule has 2 rings (SSSR count). The van der Waals surface area contributed by atoms with E-state index in [0.717, 1.165) is 22.3 Å². The molecule has 0 aromatic heterocycles. The van der Waals surface area contributed by atoms with Crippen molar-refractivity contribution in [2.24, 2.45) is 0 Å². The van der Waals surface area contributed by atoms with Crippen molar-refractivity contribution >= 4 is 29.1 Å². The SMILES string of the molecule is CC(=O)/C(=C\c1cc(C)c(C)cc1C)C(=O)Nc1ccc([N+](=O)[O-])cc1. The number of rotatable bonds is 5. The van der Waals surface area contributed by atoms with Crippen LogP contribution in [-0.2, 0) is 9.59 Å². The van der Waals surface area contributed by atoms with Crippen molar-refractivity contribution in [1.82, 2.24) is 0 Å². The van der Waals surface area contributed by atoms with E-state index in [1.165, 1.54) is 31.2 Å². The monoisotopic (exact) mass is 352 g/mol. The first kappa shape index (κ1) is 19.1. The number of carbonyl (C=O) groups is 2. The molecular weight excluding hydrogens is 332 g/mol. The largest absolute Gasteiger partial charge is 0.322 e. The van der Waals surface area contributed by atoms with E-state index in [1.54, 1.807) is 6.08 Å². The van der Waals surface area contributed by atoms with Crippen LogP contribution in [0.1, 0.15) is 29.2 Å². The fourth-order valence-corrected chi connectivity index (χ4v) is 2.49. The summed E-state index contributed by atoms with van der Waals surface area (Å²) in [6, 6.07) is 9.38. The first-order valence-electron chi connectivity index (χ1n) is 8.05. The van der Waals surface area contributed by atoms with E-state index < -0.39 is 10.8 Å². The van der Waals surface area contributed by atoms with Gasteiger partial charge in [0.05, 0.1) is 10.5 Å². The Balaban J connectivity index is 2.32. The minimum atomic E-state index is -0.552. The summed E-state index contributed by atoms with van der Waals surface area (Å²) >= 11 is 0. The molecule has 0 aliphatic heterocycles. The summed E-state index contributed by atoms with van der Waals surface area (Å²) in [7, 11) is 0. The number of hydrogen-bond donors (Lipinski definition) is 1. The number of carbonyl (C=O) groups excluding carboxylic acids is 2. The first-order valence-corrected chi connectivity index (χ1v) is 8.05. The van der Waals surface area contributed by atoms with Gasteiger partial charge in [0, 0.05) is 17.8 Å². The molecular formula is C20H20N2O4. The van der Waals surface area contributed by atoms with Gasteiger partial charge in [0.2, 0.25) is 0 Å². The molecule has 0 aliphatic carbocycles.